The second-order valence-electron chi connectivity index (χ2n) is 6.73. The van der Waals surface area contributed by atoms with Crippen molar-refractivity contribution in [2.45, 2.75) is 6.42 Å². The highest BCUT2D eigenvalue weighted by Gasteiger charge is 2.24. The van der Waals surface area contributed by atoms with E-state index < -0.39 is 11.7 Å². The number of nitrogens with one attached hydrogen (secondary N) is 1. The number of aromatic nitrogens is 1. The second-order valence-corrected chi connectivity index (χ2v) is 7.17. The van der Waals surface area contributed by atoms with Crippen LogP contribution in [0.4, 0.5) is 0 Å². The Hall–Kier alpha value is -3.37. The monoisotopic (exact) mass is 402 g/mol. The molecule has 0 aliphatic carbocycles. The predicted molar refractivity (Wildman–Crippen MR) is 115 cm³/mol. The van der Waals surface area contributed by atoms with E-state index >= 15 is 0 Å². The zero-order chi connectivity index (χ0) is 20.2. The average Bonchev–Trinajstić information content (AvgIpc) is 3.14. The van der Waals surface area contributed by atoms with Crippen LogP contribution >= 0.6 is 11.6 Å². The lowest BCUT2D eigenvalue weighted by molar-refractivity contribution is -0.117. The summed E-state index contributed by atoms with van der Waals surface area (Å²) in [5, 5.41) is 3.36. The van der Waals surface area contributed by atoms with Gasteiger partial charge < -0.3 is 9.72 Å². The van der Waals surface area contributed by atoms with Crippen LogP contribution in [0.3, 0.4) is 0 Å². The number of hydrogen-bond acceptors (Lipinski definition) is 2. The third kappa shape index (κ3) is 4.08. The number of fused-ring (bicyclic) bond motifs is 1. The number of carbonyl (C=O) groups is 2. The summed E-state index contributed by atoms with van der Waals surface area (Å²) >= 11 is 6.00. The van der Waals surface area contributed by atoms with E-state index in [0.29, 0.717) is 29.2 Å². The van der Waals surface area contributed by atoms with E-state index in [9.17, 15) is 9.59 Å². The summed E-state index contributed by atoms with van der Waals surface area (Å²) in [6, 6.07) is 24.6. The maximum atomic E-state index is 13.1. The fourth-order valence-corrected chi connectivity index (χ4v) is 3.48. The van der Waals surface area contributed by atoms with Gasteiger partial charge in [-0.3, -0.25) is 9.59 Å². The Morgan fingerprint density at radius 2 is 1.62 bits per heavy atom. The van der Waals surface area contributed by atoms with Crippen molar-refractivity contribution in [3.8, 4) is 11.1 Å². The van der Waals surface area contributed by atoms with Gasteiger partial charge >= 0.3 is 0 Å². The SMILES string of the molecule is O=C(NCCc1ccccc1)C(=O)c1c(-c2ccc(Cl)cc2)cc2ccccn12. The molecule has 1 N–H and O–H groups in total. The first-order valence-electron chi connectivity index (χ1n) is 9.36. The largest absolute Gasteiger partial charge is 0.349 e. The first kappa shape index (κ1) is 19.0. The van der Waals surface area contributed by atoms with E-state index in [1.54, 1.807) is 22.7 Å². The van der Waals surface area contributed by atoms with Crippen molar-refractivity contribution in [2.24, 2.45) is 0 Å². The number of benzene rings is 2. The number of carbonyl (C=O) groups excluding carboxylic acids is 2. The normalized spacial score (nSPS) is 10.8. The molecule has 1 amide bonds. The first-order chi connectivity index (χ1) is 14.1. The van der Waals surface area contributed by atoms with Crippen molar-refractivity contribution in [2.75, 3.05) is 6.54 Å². The molecule has 0 bridgehead atoms. The standard InChI is InChI=1S/C24H19ClN2O2/c25-19-11-9-18(10-12-19)21-16-20-8-4-5-15-27(20)22(21)23(28)24(29)26-14-13-17-6-2-1-3-7-17/h1-12,15-16H,13-14H2,(H,26,29). The fraction of sp³-hybridized carbons (Fsp3) is 0.0833. The van der Waals surface area contributed by atoms with E-state index in [0.717, 1.165) is 16.6 Å². The van der Waals surface area contributed by atoms with Crippen LogP contribution in [0.15, 0.2) is 85.1 Å². The van der Waals surface area contributed by atoms with Crippen LogP contribution in [0.1, 0.15) is 16.1 Å². The van der Waals surface area contributed by atoms with Crippen molar-refractivity contribution < 1.29 is 9.59 Å². The molecule has 0 radical (unpaired) electrons. The minimum absolute atomic E-state index is 0.347. The zero-order valence-corrected chi connectivity index (χ0v) is 16.4. The molecule has 0 unspecified atom stereocenters. The molecule has 4 aromatic rings. The number of hydrogen-bond donors (Lipinski definition) is 1. The molecule has 144 valence electrons. The summed E-state index contributed by atoms with van der Waals surface area (Å²) in [5.74, 6) is -1.17. The Morgan fingerprint density at radius 1 is 0.897 bits per heavy atom. The molecule has 0 saturated heterocycles. The Balaban J connectivity index is 1.61. The fourth-order valence-electron chi connectivity index (χ4n) is 3.36. The van der Waals surface area contributed by atoms with Crippen LogP contribution < -0.4 is 5.32 Å². The number of halogens is 1. The van der Waals surface area contributed by atoms with E-state index in [1.807, 2.05) is 66.7 Å². The molecule has 4 rings (SSSR count). The summed E-state index contributed by atoms with van der Waals surface area (Å²) in [5.41, 5.74) is 3.84. The molecule has 0 aliphatic heterocycles. The van der Waals surface area contributed by atoms with Crippen molar-refractivity contribution in [1.29, 1.82) is 0 Å². The molecule has 4 nitrogen and oxygen atoms in total. The maximum Gasteiger partial charge on any atom is 0.294 e. The van der Waals surface area contributed by atoms with Gasteiger partial charge in [-0.1, -0.05) is 60.1 Å². The van der Waals surface area contributed by atoms with Gasteiger partial charge in [-0.15, -0.1) is 0 Å². The summed E-state index contributed by atoms with van der Waals surface area (Å²) in [4.78, 5) is 25.7. The Morgan fingerprint density at radius 3 is 2.38 bits per heavy atom. The molecule has 0 saturated carbocycles. The van der Waals surface area contributed by atoms with E-state index in [2.05, 4.69) is 5.32 Å². The first-order valence-corrected chi connectivity index (χ1v) is 9.74. The molecule has 0 fully saturated rings. The van der Waals surface area contributed by atoms with Gasteiger partial charge in [0.05, 0.1) is 0 Å². The van der Waals surface area contributed by atoms with Gasteiger partial charge in [0.15, 0.2) is 0 Å². The van der Waals surface area contributed by atoms with Gasteiger partial charge in [0, 0.05) is 28.8 Å². The van der Waals surface area contributed by atoms with E-state index in [-0.39, 0.29) is 0 Å². The summed E-state index contributed by atoms with van der Waals surface area (Å²) in [7, 11) is 0. The highest BCUT2D eigenvalue weighted by Crippen LogP contribution is 2.29. The molecular formula is C24H19ClN2O2. The Bertz CT molecular complexity index is 1160. The second kappa shape index (κ2) is 8.33. The molecule has 5 heteroatoms. The van der Waals surface area contributed by atoms with Crippen LogP contribution in [-0.4, -0.2) is 22.6 Å². The smallest absolute Gasteiger partial charge is 0.294 e. The molecular weight excluding hydrogens is 384 g/mol. The molecule has 0 atom stereocenters. The van der Waals surface area contributed by atoms with Crippen molar-refractivity contribution >= 4 is 28.8 Å². The quantitative estimate of drug-likeness (QED) is 0.372. The maximum absolute atomic E-state index is 13.1. The molecule has 0 aliphatic rings. The van der Waals surface area contributed by atoms with E-state index in [1.165, 1.54) is 0 Å². The van der Waals surface area contributed by atoms with Crippen LogP contribution in [-0.2, 0) is 11.2 Å². The van der Waals surface area contributed by atoms with Gasteiger partial charge in [-0.2, -0.15) is 0 Å². The minimum atomic E-state index is -0.611. The molecule has 0 spiro atoms. The molecule has 2 aromatic heterocycles. The van der Waals surface area contributed by atoms with Crippen LogP contribution in [0.25, 0.3) is 16.6 Å². The average molecular weight is 403 g/mol. The van der Waals surface area contributed by atoms with Crippen LogP contribution in [0.2, 0.25) is 5.02 Å². The van der Waals surface area contributed by atoms with Gasteiger partial charge in [0.25, 0.3) is 11.7 Å². The van der Waals surface area contributed by atoms with Crippen LogP contribution in [0.5, 0.6) is 0 Å². The lowest BCUT2D eigenvalue weighted by Crippen LogP contribution is -2.33. The third-order valence-electron chi connectivity index (χ3n) is 4.80. The van der Waals surface area contributed by atoms with Gasteiger partial charge in [0.2, 0.25) is 0 Å². The predicted octanol–water partition coefficient (Wildman–Crippen LogP) is 4.80. The highest BCUT2D eigenvalue weighted by molar-refractivity contribution is 6.43. The van der Waals surface area contributed by atoms with Crippen molar-refractivity contribution in [3.63, 3.8) is 0 Å². The number of amides is 1. The topological polar surface area (TPSA) is 50.6 Å². The molecule has 2 aromatic carbocycles. The Labute approximate surface area is 173 Å². The minimum Gasteiger partial charge on any atom is -0.349 e. The number of ketones is 1. The van der Waals surface area contributed by atoms with Gasteiger partial charge in [-0.25, -0.2) is 0 Å². The lowest BCUT2D eigenvalue weighted by Gasteiger charge is -2.08. The van der Waals surface area contributed by atoms with Gasteiger partial charge in [0.1, 0.15) is 5.69 Å². The highest BCUT2D eigenvalue weighted by atomic mass is 35.5. The van der Waals surface area contributed by atoms with Crippen molar-refractivity contribution in [1.82, 2.24) is 9.72 Å². The summed E-state index contributed by atoms with van der Waals surface area (Å²) in [6.07, 6.45) is 2.46. The van der Waals surface area contributed by atoms with Crippen molar-refractivity contribution in [3.05, 3.63) is 101 Å². The number of Topliss-reactive ketones (excluding diaryl/α,β-unsaturated/α-hetero) is 1. The van der Waals surface area contributed by atoms with E-state index in [4.69, 9.17) is 11.6 Å². The number of nitrogens with zero attached hydrogens (tertiary/aromatic N) is 1. The lowest BCUT2D eigenvalue weighted by atomic mass is 10.0. The zero-order valence-electron chi connectivity index (χ0n) is 15.6. The van der Waals surface area contributed by atoms with Crippen LogP contribution in [0, 0.1) is 0 Å². The summed E-state index contributed by atoms with van der Waals surface area (Å²) < 4.78 is 1.75. The summed E-state index contributed by atoms with van der Waals surface area (Å²) in [6.45, 7) is 0.397. The Kier molecular flexibility index (Phi) is 5.45. The third-order valence-corrected chi connectivity index (χ3v) is 5.05. The number of pyridine rings is 1. The molecule has 29 heavy (non-hydrogen) atoms. The number of rotatable bonds is 6. The van der Waals surface area contributed by atoms with Gasteiger partial charge in [-0.05, 0) is 47.9 Å². The molecule has 2 heterocycles.